The van der Waals surface area contributed by atoms with Crippen LogP contribution < -0.4 is 20.3 Å². The fourth-order valence-corrected chi connectivity index (χ4v) is 4.02. The van der Waals surface area contributed by atoms with Gasteiger partial charge in [-0.1, -0.05) is 26.8 Å². The van der Waals surface area contributed by atoms with Crippen LogP contribution in [0.1, 0.15) is 50.9 Å². The lowest BCUT2D eigenvalue weighted by atomic mass is 10.1. The Balaban J connectivity index is 1.49. The molecular formula is C27H36N4O3S. The average Bonchev–Trinajstić information content (AvgIpc) is 2.84. The van der Waals surface area contributed by atoms with E-state index in [2.05, 4.69) is 36.3 Å². The van der Waals surface area contributed by atoms with Crippen LogP contribution in [-0.2, 0) is 4.79 Å². The van der Waals surface area contributed by atoms with E-state index in [1.165, 1.54) is 0 Å². The van der Waals surface area contributed by atoms with Crippen molar-refractivity contribution in [3.05, 3.63) is 54.1 Å². The Hall–Kier alpha value is -3.13. The van der Waals surface area contributed by atoms with Crippen LogP contribution in [0.3, 0.4) is 0 Å². The summed E-state index contributed by atoms with van der Waals surface area (Å²) in [6, 6.07) is 15.0. The number of anilines is 2. The molecule has 1 fully saturated rings. The number of benzene rings is 2. The minimum absolute atomic E-state index is 0.0790. The van der Waals surface area contributed by atoms with E-state index in [1.54, 1.807) is 18.2 Å². The van der Waals surface area contributed by atoms with Gasteiger partial charge in [0.1, 0.15) is 5.75 Å². The first-order valence-corrected chi connectivity index (χ1v) is 12.7. The molecule has 1 atom stereocenters. The number of nitrogens with one attached hydrogen (secondary N) is 2. The van der Waals surface area contributed by atoms with Crippen LogP contribution in [-0.4, -0.2) is 54.1 Å². The van der Waals surface area contributed by atoms with E-state index in [1.807, 2.05) is 42.2 Å². The molecule has 1 aliphatic rings. The van der Waals surface area contributed by atoms with Crippen molar-refractivity contribution < 1.29 is 14.3 Å². The molecule has 2 N–H and O–H groups in total. The van der Waals surface area contributed by atoms with Crippen molar-refractivity contribution in [2.75, 3.05) is 36.4 Å². The van der Waals surface area contributed by atoms with Crippen molar-refractivity contribution in [2.24, 2.45) is 5.92 Å². The monoisotopic (exact) mass is 496 g/mol. The summed E-state index contributed by atoms with van der Waals surface area (Å²) < 4.78 is 5.80. The molecule has 0 radical (unpaired) electrons. The van der Waals surface area contributed by atoms with Crippen molar-refractivity contribution in [1.82, 2.24) is 10.2 Å². The summed E-state index contributed by atoms with van der Waals surface area (Å²) >= 11 is 5.34. The van der Waals surface area contributed by atoms with Gasteiger partial charge in [-0.15, -0.1) is 0 Å². The molecule has 0 spiro atoms. The molecule has 7 nitrogen and oxygen atoms in total. The Morgan fingerprint density at radius 1 is 1.03 bits per heavy atom. The number of rotatable bonds is 8. The third kappa shape index (κ3) is 7.96. The summed E-state index contributed by atoms with van der Waals surface area (Å²) in [5.41, 5.74) is 2.37. The largest absolute Gasteiger partial charge is 0.491 e. The number of piperazine rings is 1. The summed E-state index contributed by atoms with van der Waals surface area (Å²) in [5, 5.41) is 6.02. The Bertz CT molecular complexity index is 1020. The Kier molecular flexibility index (Phi) is 9.48. The van der Waals surface area contributed by atoms with E-state index in [0.717, 1.165) is 44.0 Å². The van der Waals surface area contributed by atoms with Gasteiger partial charge in [0.15, 0.2) is 5.11 Å². The van der Waals surface area contributed by atoms with Crippen molar-refractivity contribution in [3.63, 3.8) is 0 Å². The fraction of sp³-hybridized carbons (Fsp3) is 0.444. The highest BCUT2D eigenvalue weighted by Crippen LogP contribution is 2.20. The highest BCUT2D eigenvalue weighted by molar-refractivity contribution is 7.80. The quantitative estimate of drug-likeness (QED) is 0.517. The van der Waals surface area contributed by atoms with Crippen molar-refractivity contribution in [1.29, 1.82) is 0 Å². The second kappa shape index (κ2) is 12.5. The number of thiocarbonyl (C=S) groups is 1. The summed E-state index contributed by atoms with van der Waals surface area (Å²) in [7, 11) is 0. The van der Waals surface area contributed by atoms with Gasteiger partial charge in [-0.2, -0.15) is 0 Å². The third-order valence-electron chi connectivity index (χ3n) is 5.94. The summed E-state index contributed by atoms with van der Waals surface area (Å²) in [5.74, 6) is 0.986. The number of ether oxygens (including phenoxy) is 1. The number of amides is 2. The number of carbonyl (C=O) groups is 2. The number of carbonyl (C=O) groups excluding carboxylic acids is 2. The first kappa shape index (κ1) is 26.5. The topological polar surface area (TPSA) is 73.9 Å². The maximum absolute atomic E-state index is 12.6. The molecule has 0 unspecified atom stereocenters. The van der Waals surface area contributed by atoms with Crippen LogP contribution in [0.5, 0.6) is 5.75 Å². The van der Waals surface area contributed by atoms with Gasteiger partial charge in [-0.25, -0.2) is 0 Å². The average molecular weight is 497 g/mol. The highest BCUT2D eigenvalue weighted by Gasteiger charge is 2.21. The molecule has 0 aromatic heterocycles. The maximum atomic E-state index is 12.6. The van der Waals surface area contributed by atoms with Crippen LogP contribution in [0.4, 0.5) is 11.4 Å². The number of hydrogen-bond donors (Lipinski definition) is 2. The second-order valence-corrected chi connectivity index (χ2v) is 9.69. The molecule has 8 heteroatoms. The molecule has 3 rings (SSSR count). The molecule has 0 saturated carbocycles. The summed E-state index contributed by atoms with van der Waals surface area (Å²) in [4.78, 5) is 29.1. The SMILES string of the molecule is CC[C@@H](C)Oc1cccc(C(=O)NC(=S)Nc2ccc(N3CCN(C(=O)CC(C)C)CC3)cc2)c1. The van der Waals surface area contributed by atoms with E-state index in [9.17, 15) is 9.59 Å². The molecule has 1 aliphatic heterocycles. The van der Waals surface area contributed by atoms with Gasteiger partial charge >= 0.3 is 0 Å². The fourth-order valence-electron chi connectivity index (χ4n) is 3.81. The molecule has 1 saturated heterocycles. The van der Waals surface area contributed by atoms with Gasteiger partial charge in [0, 0.05) is 49.5 Å². The molecule has 2 aromatic rings. The van der Waals surface area contributed by atoms with Crippen molar-refractivity contribution >= 4 is 40.5 Å². The first-order valence-electron chi connectivity index (χ1n) is 12.3. The lowest BCUT2D eigenvalue weighted by Gasteiger charge is -2.36. The van der Waals surface area contributed by atoms with Crippen LogP contribution in [0.2, 0.25) is 0 Å². The number of nitrogens with zero attached hydrogens (tertiary/aromatic N) is 2. The van der Waals surface area contributed by atoms with E-state index in [-0.39, 0.29) is 23.0 Å². The van der Waals surface area contributed by atoms with Crippen LogP contribution in [0, 0.1) is 5.92 Å². The molecule has 0 aliphatic carbocycles. The first-order chi connectivity index (χ1) is 16.7. The molecule has 1 heterocycles. The molecule has 188 valence electrons. The predicted octanol–water partition coefficient (Wildman–Crippen LogP) is 4.69. The predicted molar refractivity (Wildman–Crippen MR) is 145 cm³/mol. The van der Waals surface area contributed by atoms with Gasteiger partial charge in [0.05, 0.1) is 6.10 Å². The second-order valence-electron chi connectivity index (χ2n) is 9.29. The Morgan fingerprint density at radius 3 is 2.34 bits per heavy atom. The zero-order valence-corrected chi connectivity index (χ0v) is 21.9. The molecule has 0 bridgehead atoms. The minimum atomic E-state index is -0.293. The lowest BCUT2D eigenvalue weighted by molar-refractivity contribution is -0.132. The molecular weight excluding hydrogens is 460 g/mol. The summed E-state index contributed by atoms with van der Waals surface area (Å²) in [6.45, 7) is 11.3. The summed E-state index contributed by atoms with van der Waals surface area (Å²) in [6.07, 6.45) is 1.57. The van der Waals surface area contributed by atoms with Gasteiger partial charge in [0.25, 0.3) is 5.91 Å². The van der Waals surface area contributed by atoms with Crippen LogP contribution >= 0.6 is 12.2 Å². The van der Waals surface area contributed by atoms with E-state index >= 15 is 0 Å². The smallest absolute Gasteiger partial charge is 0.257 e. The third-order valence-corrected chi connectivity index (χ3v) is 6.15. The van der Waals surface area contributed by atoms with E-state index < -0.39 is 0 Å². The Morgan fingerprint density at radius 2 is 1.71 bits per heavy atom. The lowest BCUT2D eigenvalue weighted by Crippen LogP contribution is -2.49. The Labute approximate surface area is 213 Å². The number of hydrogen-bond acceptors (Lipinski definition) is 5. The van der Waals surface area contributed by atoms with Crippen molar-refractivity contribution in [2.45, 2.75) is 46.6 Å². The van der Waals surface area contributed by atoms with Crippen LogP contribution in [0.15, 0.2) is 48.5 Å². The zero-order chi connectivity index (χ0) is 25.4. The highest BCUT2D eigenvalue weighted by atomic mass is 32.1. The molecule has 2 amide bonds. The zero-order valence-electron chi connectivity index (χ0n) is 21.0. The van der Waals surface area contributed by atoms with Gasteiger partial charge in [-0.05, 0) is 73.9 Å². The van der Waals surface area contributed by atoms with Gasteiger partial charge in [0.2, 0.25) is 5.91 Å². The van der Waals surface area contributed by atoms with Crippen molar-refractivity contribution in [3.8, 4) is 5.75 Å². The van der Waals surface area contributed by atoms with Crippen LogP contribution in [0.25, 0.3) is 0 Å². The van der Waals surface area contributed by atoms with E-state index in [0.29, 0.717) is 23.7 Å². The minimum Gasteiger partial charge on any atom is -0.491 e. The standard InChI is InChI=1S/C27H36N4O3S/c1-5-20(4)34-24-8-6-7-21(18-24)26(33)29-27(35)28-22-9-11-23(12-10-22)30-13-15-31(16-14-30)25(32)17-19(2)3/h6-12,18-20H,5,13-17H2,1-4H3,(H2,28,29,33,35)/t20-/m1/s1. The maximum Gasteiger partial charge on any atom is 0.257 e. The van der Waals surface area contributed by atoms with Gasteiger partial charge in [-0.3, -0.25) is 14.9 Å². The van der Waals surface area contributed by atoms with Gasteiger partial charge < -0.3 is 19.9 Å². The van der Waals surface area contributed by atoms with E-state index in [4.69, 9.17) is 17.0 Å². The molecule has 35 heavy (non-hydrogen) atoms. The normalized spacial score (nSPS) is 14.4. The molecule has 2 aromatic carbocycles.